The molecule has 2 rings (SSSR count). The molecule has 0 radical (unpaired) electrons. The molecule has 5 nitrogen and oxygen atoms in total. The Hall–Kier alpha value is -2.95. The maximum atomic E-state index is 12.3. The number of aliphatic carboxylic acids is 1. The summed E-state index contributed by atoms with van der Waals surface area (Å²) in [4.78, 5) is 35.8. The van der Waals surface area contributed by atoms with Crippen LogP contribution in [0.25, 0.3) is 0 Å². The largest absolute Gasteiger partial charge is 0.481 e. The van der Waals surface area contributed by atoms with Crippen LogP contribution in [0.2, 0.25) is 0 Å². The first-order valence-electron chi connectivity index (χ1n) is 8.55. The second kappa shape index (κ2) is 8.94. The van der Waals surface area contributed by atoms with Gasteiger partial charge in [0.25, 0.3) is 0 Å². The third-order valence-corrected chi connectivity index (χ3v) is 4.32. The predicted octanol–water partition coefficient (Wildman–Crippen LogP) is 3.54. The minimum Gasteiger partial charge on any atom is -0.481 e. The SMILES string of the molecule is Cc1ccc(C(=O)CCC(=O)NC(c2ccccc2)C(C)C(=O)O)cc1. The Kier molecular flexibility index (Phi) is 6.67. The molecule has 2 aromatic carbocycles. The Morgan fingerprint density at radius 1 is 0.962 bits per heavy atom. The number of amides is 1. The molecule has 0 aliphatic heterocycles. The van der Waals surface area contributed by atoms with Crippen LogP contribution in [0.3, 0.4) is 0 Å². The van der Waals surface area contributed by atoms with Crippen LogP contribution < -0.4 is 5.32 Å². The van der Waals surface area contributed by atoms with Crippen molar-refractivity contribution >= 4 is 17.7 Å². The number of rotatable bonds is 8. The zero-order chi connectivity index (χ0) is 19.1. The smallest absolute Gasteiger partial charge is 0.308 e. The van der Waals surface area contributed by atoms with Crippen molar-refractivity contribution in [3.8, 4) is 0 Å². The first-order valence-corrected chi connectivity index (χ1v) is 8.55. The van der Waals surface area contributed by atoms with E-state index < -0.39 is 17.9 Å². The number of Topliss-reactive ketones (excluding diaryl/α,β-unsaturated/α-hetero) is 1. The van der Waals surface area contributed by atoms with Gasteiger partial charge in [-0.05, 0) is 19.4 Å². The molecule has 0 aliphatic rings. The third kappa shape index (κ3) is 5.28. The molecule has 5 heteroatoms. The summed E-state index contributed by atoms with van der Waals surface area (Å²) < 4.78 is 0. The van der Waals surface area contributed by atoms with Crippen molar-refractivity contribution < 1.29 is 19.5 Å². The quantitative estimate of drug-likeness (QED) is 0.711. The van der Waals surface area contributed by atoms with Crippen LogP contribution in [0, 0.1) is 12.8 Å². The fraction of sp³-hybridized carbons (Fsp3) is 0.286. The summed E-state index contributed by atoms with van der Waals surface area (Å²) in [6.45, 7) is 3.49. The van der Waals surface area contributed by atoms with Crippen molar-refractivity contribution in [2.75, 3.05) is 0 Å². The van der Waals surface area contributed by atoms with Gasteiger partial charge in [0.1, 0.15) is 0 Å². The molecule has 26 heavy (non-hydrogen) atoms. The summed E-state index contributed by atoms with van der Waals surface area (Å²) in [5, 5.41) is 12.1. The third-order valence-electron chi connectivity index (χ3n) is 4.32. The lowest BCUT2D eigenvalue weighted by atomic mass is 9.94. The second-order valence-electron chi connectivity index (χ2n) is 6.37. The second-order valence-corrected chi connectivity index (χ2v) is 6.37. The van der Waals surface area contributed by atoms with Gasteiger partial charge in [-0.3, -0.25) is 14.4 Å². The van der Waals surface area contributed by atoms with Gasteiger partial charge in [-0.2, -0.15) is 0 Å². The first-order chi connectivity index (χ1) is 12.4. The molecule has 0 fully saturated rings. The van der Waals surface area contributed by atoms with E-state index in [-0.39, 0.29) is 24.5 Å². The van der Waals surface area contributed by atoms with E-state index in [9.17, 15) is 19.5 Å². The summed E-state index contributed by atoms with van der Waals surface area (Å²) in [6, 6.07) is 15.5. The molecule has 2 N–H and O–H groups in total. The van der Waals surface area contributed by atoms with E-state index in [4.69, 9.17) is 0 Å². The Labute approximate surface area is 153 Å². The fourth-order valence-corrected chi connectivity index (χ4v) is 2.66. The predicted molar refractivity (Wildman–Crippen MR) is 98.9 cm³/mol. The van der Waals surface area contributed by atoms with Gasteiger partial charge < -0.3 is 10.4 Å². The van der Waals surface area contributed by atoms with Gasteiger partial charge in [-0.15, -0.1) is 0 Å². The number of benzene rings is 2. The number of hydrogen-bond acceptors (Lipinski definition) is 3. The number of carboxylic acids is 1. The lowest BCUT2D eigenvalue weighted by Crippen LogP contribution is -2.35. The molecule has 0 heterocycles. The van der Waals surface area contributed by atoms with Crippen molar-refractivity contribution in [1.82, 2.24) is 5.32 Å². The molecule has 2 aromatic rings. The molecule has 1 amide bonds. The molecular weight excluding hydrogens is 330 g/mol. The average Bonchev–Trinajstić information content (AvgIpc) is 2.64. The minimum atomic E-state index is -0.991. The molecule has 0 saturated carbocycles. The molecular formula is C21H23NO4. The van der Waals surface area contributed by atoms with Crippen molar-refractivity contribution in [1.29, 1.82) is 0 Å². The number of ketones is 1. The van der Waals surface area contributed by atoms with E-state index in [0.717, 1.165) is 11.1 Å². The van der Waals surface area contributed by atoms with Crippen molar-refractivity contribution in [3.63, 3.8) is 0 Å². The lowest BCUT2D eigenvalue weighted by molar-refractivity contribution is -0.142. The van der Waals surface area contributed by atoms with Crippen LogP contribution in [0.15, 0.2) is 54.6 Å². The number of carboxylic acid groups (broad SMARTS) is 1. The summed E-state index contributed by atoms with van der Waals surface area (Å²) >= 11 is 0. The summed E-state index contributed by atoms with van der Waals surface area (Å²) in [7, 11) is 0. The van der Waals surface area contributed by atoms with Gasteiger partial charge in [0, 0.05) is 18.4 Å². The topological polar surface area (TPSA) is 83.5 Å². The number of carbonyl (C=O) groups is 3. The highest BCUT2D eigenvalue weighted by molar-refractivity contribution is 5.98. The molecule has 136 valence electrons. The van der Waals surface area contributed by atoms with E-state index in [1.165, 1.54) is 0 Å². The van der Waals surface area contributed by atoms with Crippen molar-refractivity contribution in [2.45, 2.75) is 32.7 Å². The van der Waals surface area contributed by atoms with E-state index in [2.05, 4.69) is 5.32 Å². The van der Waals surface area contributed by atoms with E-state index in [1.54, 1.807) is 43.3 Å². The fourth-order valence-electron chi connectivity index (χ4n) is 2.66. The maximum absolute atomic E-state index is 12.3. The number of aryl methyl sites for hydroxylation is 1. The summed E-state index contributed by atoms with van der Waals surface area (Å²) in [5.74, 6) is -2.22. The normalized spacial score (nSPS) is 12.8. The van der Waals surface area contributed by atoms with Crippen molar-refractivity contribution in [3.05, 3.63) is 71.3 Å². The number of carbonyl (C=O) groups excluding carboxylic acids is 2. The Morgan fingerprint density at radius 3 is 2.15 bits per heavy atom. The highest BCUT2D eigenvalue weighted by atomic mass is 16.4. The molecule has 2 unspecified atom stereocenters. The van der Waals surface area contributed by atoms with E-state index in [0.29, 0.717) is 5.56 Å². The van der Waals surface area contributed by atoms with E-state index >= 15 is 0 Å². The molecule has 0 saturated heterocycles. The van der Waals surface area contributed by atoms with Gasteiger partial charge in [-0.1, -0.05) is 60.2 Å². The van der Waals surface area contributed by atoms with Gasteiger partial charge in [0.05, 0.1) is 12.0 Å². The highest BCUT2D eigenvalue weighted by Gasteiger charge is 2.26. The van der Waals surface area contributed by atoms with Crippen LogP contribution in [-0.2, 0) is 9.59 Å². The van der Waals surface area contributed by atoms with Crippen LogP contribution in [0.5, 0.6) is 0 Å². The minimum absolute atomic E-state index is 0.0163. The van der Waals surface area contributed by atoms with Crippen LogP contribution in [0.4, 0.5) is 0 Å². The standard InChI is InChI=1S/C21H23NO4/c1-14-8-10-16(11-9-14)18(23)12-13-19(24)22-20(15(2)21(25)26)17-6-4-3-5-7-17/h3-11,15,20H,12-13H2,1-2H3,(H,22,24)(H,25,26). The Morgan fingerprint density at radius 2 is 1.58 bits per heavy atom. The Bertz CT molecular complexity index is 768. The number of hydrogen-bond donors (Lipinski definition) is 2. The maximum Gasteiger partial charge on any atom is 0.308 e. The van der Waals surface area contributed by atoms with Crippen LogP contribution >= 0.6 is 0 Å². The monoisotopic (exact) mass is 353 g/mol. The first kappa shape index (κ1) is 19.4. The van der Waals surface area contributed by atoms with Gasteiger partial charge in [-0.25, -0.2) is 0 Å². The molecule has 0 aromatic heterocycles. The van der Waals surface area contributed by atoms with Gasteiger partial charge in [0.2, 0.25) is 5.91 Å². The molecule has 0 spiro atoms. The highest BCUT2D eigenvalue weighted by Crippen LogP contribution is 2.22. The molecule has 0 aliphatic carbocycles. The average molecular weight is 353 g/mol. The summed E-state index contributed by atoms with van der Waals surface area (Å²) in [6.07, 6.45) is 0.0975. The van der Waals surface area contributed by atoms with Gasteiger partial charge >= 0.3 is 5.97 Å². The number of nitrogens with one attached hydrogen (secondary N) is 1. The Balaban J connectivity index is 1.99. The zero-order valence-corrected chi connectivity index (χ0v) is 14.9. The molecule has 2 atom stereocenters. The van der Waals surface area contributed by atoms with Gasteiger partial charge in [0.15, 0.2) is 5.78 Å². The zero-order valence-electron chi connectivity index (χ0n) is 14.9. The summed E-state index contributed by atoms with van der Waals surface area (Å²) in [5.41, 5.74) is 2.36. The van der Waals surface area contributed by atoms with Crippen LogP contribution in [0.1, 0.15) is 47.3 Å². The lowest BCUT2D eigenvalue weighted by Gasteiger charge is -2.23. The molecule has 0 bridgehead atoms. The van der Waals surface area contributed by atoms with Crippen LogP contribution in [-0.4, -0.2) is 22.8 Å². The van der Waals surface area contributed by atoms with E-state index in [1.807, 2.05) is 25.1 Å². The van der Waals surface area contributed by atoms with Crippen molar-refractivity contribution in [2.24, 2.45) is 5.92 Å².